The minimum atomic E-state index is -2.95. The maximum atomic E-state index is 7.85. The SMILES string of the molecule is CC(C)(C)c1ccc(N2c3cc4ccccc4c4c3P3(=S)c5c2cc2ccccc2c5N(c2ccc(C(C)(C)C)cc2)c2c3c3c(c5ccccc25)Oc2cc(C(C)(C)C)ccc2N34)cc1. The summed E-state index contributed by atoms with van der Waals surface area (Å²) in [7, 11) is 0. The highest BCUT2D eigenvalue weighted by Gasteiger charge is 2.55. The van der Waals surface area contributed by atoms with Gasteiger partial charge in [0.05, 0.1) is 40.2 Å². The molecule has 9 aromatic carbocycles. The summed E-state index contributed by atoms with van der Waals surface area (Å²) in [5, 5.41) is 10.6. The Morgan fingerprint density at radius 2 is 0.833 bits per heavy atom. The van der Waals surface area contributed by atoms with Crippen LogP contribution in [0, 0.1) is 0 Å². The second kappa shape index (κ2) is 13.2. The third-order valence-electron chi connectivity index (χ3n) is 14.6. The molecule has 4 nitrogen and oxygen atoms in total. The normalized spacial score (nSPS) is 16.7. The maximum absolute atomic E-state index is 7.85. The maximum Gasteiger partial charge on any atom is 0.160 e. The van der Waals surface area contributed by atoms with Crippen molar-refractivity contribution in [3.05, 3.63) is 168 Å². The van der Waals surface area contributed by atoms with Crippen LogP contribution in [0.2, 0.25) is 0 Å². The van der Waals surface area contributed by atoms with Crippen LogP contribution in [0.5, 0.6) is 11.5 Å². The summed E-state index contributed by atoms with van der Waals surface area (Å²) >= 11 is 7.85. The minimum Gasteiger partial charge on any atom is -0.452 e. The summed E-state index contributed by atoms with van der Waals surface area (Å²) in [6.07, 6.45) is 0. The average Bonchev–Trinajstić information content (AvgIpc) is 3.29. The monoisotopic (exact) mass is 893 g/mol. The van der Waals surface area contributed by atoms with Crippen molar-refractivity contribution in [1.29, 1.82) is 0 Å². The van der Waals surface area contributed by atoms with Crippen LogP contribution in [0.3, 0.4) is 0 Å². The van der Waals surface area contributed by atoms with Crippen LogP contribution < -0.4 is 35.4 Å². The quantitative estimate of drug-likeness (QED) is 0.161. The molecule has 1 atom stereocenters. The Morgan fingerprint density at radius 1 is 0.394 bits per heavy atom. The van der Waals surface area contributed by atoms with Crippen LogP contribution in [0.4, 0.5) is 51.2 Å². The second-order valence-electron chi connectivity index (χ2n) is 21.8. The number of fused-ring (bicyclic) bond motifs is 10. The Balaban J connectivity index is 1.27. The first-order chi connectivity index (χ1) is 31.5. The number of nitrogens with zero attached hydrogens (tertiary/aromatic N) is 3. The lowest BCUT2D eigenvalue weighted by molar-refractivity contribution is 0.479. The van der Waals surface area contributed by atoms with Gasteiger partial charge in [0.2, 0.25) is 0 Å². The number of ether oxygens (including phenoxy) is 1. The molecule has 6 heteroatoms. The predicted molar refractivity (Wildman–Crippen MR) is 286 cm³/mol. The van der Waals surface area contributed by atoms with Gasteiger partial charge >= 0.3 is 0 Å². The fourth-order valence-corrected chi connectivity index (χ4v) is 16.6. The minimum absolute atomic E-state index is 0.00510. The summed E-state index contributed by atoms with van der Waals surface area (Å²) in [4.78, 5) is 7.71. The van der Waals surface area contributed by atoms with Crippen molar-refractivity contribution in [1.82, 2.24) is 0 Å². The van der Waals surface area contributed by atoms with Gasteiger partial charge in [0.15, 0.2) is 11.5 Å². The fraction of sp³-hybridized carbons (Fsp3) is 0.200. The van der Waals surface area contributed by atoms with Gasteiger partial charge in [-0.2, -0.15) is 0 Å². The summed E-state index contributed by atoms with van der Waals surface area (Å²) in [5.41, 5.74) is 13.9. The molecule has 13 rings (SSSR count). The van der Waals surface area contributed by atoms with Gasteiger partial charge in [-0.05, 0) is 92.2 Å². The summed E-state index contributed by atoms with van der Waals surface area (Å²) in [6.45, 7) is 20.6. The number of hydrogen-bond donors (Lipinski definition) is 0. The predicted octanol–water partition coefficient (Wildman–Crippen LogP) is 16.2. The zero-order valence-corrected chi connectivity index (χ0v) is 40.8. The number of rotatable bonds is 2. The van der Waals surface area contributed by atoms with Gasteiger partial charge in [0, 0.05) is 48.8 Å². The van der Waals surface area contributed by atoms with Gasteiger partial charge in [0.1, 0.15) is 5.69 Å². The topological polar surface area (TPSA) is 19.0 Å². The highest BCUT2D eigenvalue weighted by atomic mass is 32.4. The molecule has 0 saturated heterocycles. The molecule has 0 radical (unpaired) electrons. The highest BCUT2D eigenvalue weighted by molar-refractivity contribution is 8.26. The standard InChI is InChI=1S/C60H52N3OPS/c1-58(2,3)37-22-27-40(28-23-37)61-47-32-35-16-10-12-18-42(35)50-55(47)65(66)56-48(61)33-36-17-11-13-19-43(36)51(56)63-46-31-26-39(60(7,8)9)34-49(46)64-54-45-21-15-14-20-44(45)52(57(65)53(54)63)62(50)41-29-24-38(25-30-41)59(4,5)6/h10-34H,1-9H3. The van der Waals surface area contributed by atoms with E-state index in [4.69, 9.17) is 16.5 Å². The molecule has 4 aliphatic heterocycles. The first kappa shape index (κ1) is 39.9. The molecule has 0 bridgehead atoms. The van der Waals surface area contributed by atoms with E-state index in [2.05, 4.69) is 229 Å². The molecule has 1 unspecified atom stereocenters. The molecule has 324 valence electrons. The first-order valence-electron chi connectivity index (χ1n) is 23.3. The Labute approximate surface area is 393 Å². The van der Waals surface area contributed by atoms with Crippen molar-refractivity contribution in [3.63, 3.8) is 0 Å². The first-order valence-corrected chi connectivity index (χ1v) is 26.1. The van der Waals surface area contributed by atoms with Gasteiger partial charge in [-0.1, -0.05) is 177 Å². The summed E-state index contributed by atoms with van der Waals surface area (Å²) in [6, 6.07) is 54.2. The molecule has 0 aromatic heterocycles. The Hall–Kier alpha value is -6.39. The second-order valence-corrected chi connectivity index (χ2v) is 26.0. The zero-order valence-electron chi connectivity index (χ0n) is 39.0. The van der Waals surface area contributed by atoms with E-state index < -0.39 is 6.04 Å². The average molecular weight is 894 g/mol. The van der Waals surface area contributed by atoms with Gasteiger partial charge in [-0.15, -0.1) is 0 Å². The molecule has 4 aliphatic rings. The van der Waals surface area contributed by atoms with E-state index >= 15 is 0 Å². The molecule has 0 fully saturated rings. The Bertz CT molecular complexity index is 3640. The molecule has 66 heavy (non-hydrogen) atoms. The summed E-state index contributed by atoms with van der Waals surface area (Å²) in [5.74, 6) is 1.74. The highest BCUT2D eigenvalue weighted by Crippen LogP contribution is 2.72. The van der Waals surface area contributed by atoms with Crippen molar-refractivity contribution >= 4 is 117 Å². The smallest absolute Gasteiger partial charge is 0.160 e. The Morgan fingerprint density at radius 3 is 1.36 bits per heavy atom. The van der Waals surface area contributed by atoms with Crippen LogP contribution in [0.25, 0.3) is 32.3 Å². The van der Waals surface area contributed by atoms with E-state index in [1.54, 1.807) is 0 Å². The molecular formula is C60H52N3OPS. The third kappa shape index (κ3) is 5.25. The van der Waals surface area contributed by atoms with E-state index in [1.165, 1.54) is 65.5 Å². The van der Waals surface area contributed by atoms with E-state index in [-0.39, 0.29) is 16.2 Å². The lowest BCUT2D eigenvalue weighted by Crippen LogP contribution is -2.48. The third-order valence-corrected chi connectivity index (χ3v) is 19.5. The molecule has 9 aromatic rings. The molecule has 0 aliphatic carbocycles. The van der Waals surface area contributed by atoms with Gasteiger partial charge in [-0.25, -0.2) is 0 Å². The van der Waals surface area contributed by atoms with Crippen LogP contribution in [0.1, 0.15) is 79.0 Å². The van der Waals surface area contributed by atoms with E-state index in [0.29, 0.717) is 0 Å². The van der Waals surface area contributed by atoms with Crippen LogP contribution in [-0.4, -0.2) is 0 Å². The van der Waals surface area contributed by atoms with Crippen LogP contribution >= 0.6 is 6.04 Å². The van der Waals surface area contributed by atoms with Crippen molar-refractivity contribution in [2.75, 3.05) is 14.7 Å². The van der Waals surface area contributed by atoms with E-state index in [9.17, 15) is 0 Å². The molecule has 0 spiro atoms. The van der Waals surface area contributed by atoms with Crippen LogP contribution in [0.15, 0.2) is 152 Å². The molecule has 0 amide bonds. The lowest BCUT2D eigenvalue weighted by Gasteiger charge is -2.53. The van der Waals surface area contributed by atoms with Gasteiger partial charge in [0.25, 0.3) is 0 Å². The van der Waals surface area contributed by atoms with Gasteiger partial charge < -0.3 is 19.4 Å². The van der Waals surface area contributed by atoms with Crippen molar-refractivity contribution in [3.8, 4) is 11.5 Å². The zero-order chi connectivity index (χ0) is 45.4. The largest absolute Gasteiger partial charge is 0.452 e. The molecule has 4 heterocycles. The van der Waals surface area contributed by atoms with E-state index in [0.717, 1.165) is 62.1 Å². The number of benzene rings is 9. The number of hydrogen-bond acceptors (Lipinski definition) is 5. The van der Waals surface area contributed by atoms with E-state index in [1.807, 2.05) is 0 Å². The van der Waals surface area contributed by atoms with Gasteiger partial charge in [-0.3, -0.25) is 0 Å². The van der Waals surface area contributed by atoms with Crippen molar-refractivity contribution < 1.29 is 4.74 Å². The molecule has 0 saturated carbocycles. The molecular weight excluding hydrogens is 842 g/mol. The van der Waals surface area contributed by atoms with Crippen LogP contribution in [-0.2, 0) is 28.1 Å². The fourth-order valence-electron chi connectivity index (χ4n) is 11.3. The lowest BCUT2D eigenvalue weighted by atomic mass is 9.86. The number of anilines is 9. The van der Waals surface area contributed by atoms with Crippen molar-refractivity contribution in [2.45, 2.75) is 78.6 Å². The van der Waals surface area contributed by atoms with Crippen molar-refractivity contribution in [2.24, 2.45) is 0 Å². The summed E-state index contributed by atoms with van der Waals surface area (Å²) < 4.78 is 7.44. The molecule has 0 N–H and O–H groups in total. The Kier molecular flexibility index (Phi) is 7.96.